The van der Waals surface area contributed by atoms with Gasteiger partial charge in [-0.25, -0.2) is 17.7 Å². The Morgan fingerprint density at radius 1 is 1.14 bits per heavy atom. The van der Waals surface area contributed by atoms with E-state index < -0.39 is 0 Å². The maximum atomic E-state index is 12.0. The molecule has 0 aliphatic carbocycles. The van der Waals surface area contributed by atoms with E-state index in [9.17, 15) is 9.59 Å². The zero-order valence-electron chi connectivity index (χ0n) is 12.7. The molecule has 1 aromatic heterocycles. The summed E-state index contributed by atoms with van der Waals surface area (Å²) in [7, 11) is 3.12. The van der Waals surface area contributed by atoms with Crippen molar-refractivity contribution in [3.8, 4) is 11.3 Å². The van der Waals surface area contributed by atoms with Gasteiger partial charge in [-0.3, -0.25) is 4.79 Å². The molecule has 2 rings (SSSR count). The molecule has 2 aromatic rings. The third-order valence-electron chi connectivity index (χ3n) is 3.60. The molecule has 0 bridgehead atoms. The van der Waals surface area contributed by atoms with Crippen molar-refractivity contribution in [2.45, 2.75) is 20.3 Å². The number of nitrogens with zero attached hydrogens (tertiary/aromatic N) is 2. The largest absolute Gasteiger partial charge is 0.371 e. The van der Waals surface area contributed by atoms with Gasteiger partial charge in [0, 0.05) is 66.5 Å². The second-order valence-corrected chi connectivity index (χ2v) is 4.77. The zero-order valence-corrected chi connectivity index (χ0v) is 18.5. The first-order valence-corrected chi connectivity index (χ1v) is 6.33. The summed E-state index contributed by atoms with van der Waals surface area (Å²) < 4.78 is 2.53. The Labute approximate surface area is 164 Å². The Morgan fingerprint density at radius 3 is 2.05 bits per heavy atom. The minimum Gasteiger partial charge on any atom is -0.371 e. The van der Waals surface area contributed by atoms with Crippen LogP contribution in [0.15, 0.2) is 33.9 Å². The van der Waals surface area contributed by atoms with Crippen LogP contribution in [0.1, 0.15) is 25.8 Å². The molecule has 4 nitrogen and oxygen atoms in total. The predicted octanol–water partition coefficient (Wildman–Crippen LogP) is 1.82. The maximum Gasteiger partial charge on any atom is 0.253 e. The van der Waals surface area contributed by atoms with Crippen LogP contribution in [0.3, 0.4) is 0 Å². The fraction of sp³-hybridized carbons (Fsp3) is 0.333. The molecule has 1 radical (unpaired) electrons. The van der Waals surface area contributed by atoms with Gasteiger partial charge in [-0.2, -0.15) is 18.1 Å². The summed E-state index contributed by atoms with van der Waals surface area (Å²) in [6.07, 6.45) is 0.996. The van der Waals surface area contributed by atoms with Crippen LogP contribution < -0.4 is 11.2 Å². The predicted molar refractivity (Wildman–Crippen MR) is 76.3 cm³/mol. The van der Waals surface area contributed by atoms with E-state index in [0.717, 1.165) is 16.6 Å². The van der Waals surface area contributed by atoms with Crippen LogP contribution >= 0.6 is 0 Å². The van der Waals surface area contributed by atoms with Crippen molar-refractivity contribution < 1.29 is 53.8 Å². The number of imidazole rings is 1. The van der Waals surface area contributed by atoms with Crippen molar-refractivity contribution in [1.29, 1.82) is 0 Å². The standard InChI is InChI=1S/C15H18N2O2.W.Y/c1-5-10(2)11-6-8-12(9-7-11)13-14(18)17(4)15(19)16(13)3;;/h6-9H,5H2,1-4H3;;/q-2;;. The Hall–Kier alpha value is -0.308. The number of hydrogen-bond donors (Lipinski definition) is 0. The topological polar surface area (TPSA) is 44.0 Å². The number of aromatic nitrogens is 2. The first-order valence-electron chi connectivity index (χ1n) is 6.33. The third kappa shape index (κ3) is 3.91. The van der Waals surface area contributed by atoms with Gasteiger partial charge < -0.3 is 13.9 Å². The van der Waals surface area contributed by atoms with E-state index in [2.05, 4.69) is 13.8 Å². The number of hydrogen-bond acceptors (Lipinski definition) is 2. The summed E-state index contributed by atoms with van der Waals surface area (Å²) in [5.41, 5.74) is 1.84. The Morgan fingerprint density at radius 2 is 1.67 bits per heavy atom. The van der Waals surface area contributed by atoms with Gasteiger partial charge in [-0.1, -0.05) is 20.3 Å². The fourth-order valence-electron chi connectivity index (χ4n) is 2.14. The van der Waals surface area contributed by atoms with E-state index in [4.69, 9.17) is 0 Å². The quantitative estimate of drug-likeness (QED) is 0.568. The van der Waals surface area contributed by atoms with E-state index in [1.165, 1.54) is 23.1 Å². The normalized spacial score (nSPS) is 9.71. The van der Waals surface area contributed by atoms with Crippen molar-refractivity contribution in [1.82, 2.24) is 9.13 Å². The molecule has 6 heteroatoms. The van der Waals surface area contributed by atoms with Crippen LogP contribution in [-0.2, 0) is 67.9 Å². The number of benzene rings is 1. The van der Waals surface area contributed by atoms with Gasteiger partial charge in [-0.05, 0) is 7.05 Å². The summed E-state index contributed by atoms with van der Waals surface area (Å²) in [6, 6.07) is 7.77. The molecule has 1 heterocycles. The van der Waals surface area contributed by atoms with Crippen molar-refractivity contribution in [2.24, 2.45) is 14.1 Å². The van der Waals surface area contributed by atoms with E-state index in [0.29, 0.717) is 5.69 Å². The summed E-state index contributed by atoms with van der Waals surface area (Å²) in [5, 5.41) is 0. The van der Waals surface area contributed by atoms with Crippen LogP contribution in [0.5, 0.6) is 0 Å². The molecular weight excluding hydrogens is 513 g/mol. The molecule has 0 atom stereocenters. The van der Waals surface area contributed by atoms with Crippen LogP contribution in [0.2, 0.25) is 0 Å². The van der Waals surface area contributed by atoms with Gasteiger partial charge in [0.15, 0.2) is 0 Å². The molecule has 0 saturated carbocycles. The average molecular weight is 531 g/mol. The Kier molecular flexibility index (Phi) is 8.24. The molecule has 21 heavy (non-hydrogen) atoms. The van der Waals surface area contributed by atoms with Gasteiger partial charge in [0.05, 0.1) is 0 Å². The van der Waals surface area contributed by atoms with E-state index >= 15 is 0 Å². The van der Waals surface area contributed by atoms with Crippen molar-refractivity contribution in [3.63, 3.8) is 0 Å². The zero-order chi connectivity index (χ0) is 14.2. The molecule has 0 N–H and O–H groups in total. The third-order valence-corrected chi connectivity index (χ3v) is 3.60. The summed E-state index contributed by atoms with van der Waals surface area (Å²) >= 11 is 0. The minimum absolute atomic E-state index is 0. The molecule has 0 aliphatic heterocycles. The first-order chi connectivity index (χ1) is 8.97. The minimum atomic E-state index is -0.291. The van der Waals surface area contributed by atoms with Gasteiger partial charge in [0.1, 0.15) is 0 Å². The van der Waals surface area contributed by atoms with Crippen molar-refractivity contribution >= 4 is 0 Å². The summed E-state index contributed by atoms with van der Waals surface area (Å²) in [6.45, 7) is 4.20. The summed E-state index contributed by atoms with van der Waals surface area (Å²) in [4.78, 5) is 23.7. The Balaban J connectivity index is 0.00000200. The first kappa shape index (κ1) is 20.7. The van der Waals surface area contributed by atoms with Gasteiger partial charge in [0.2, 0.25) is 5.56 Å². The summed E-state index contributed by atoms with van der Waals surface area (Å²) in [5.74, 6) is 1.30. The Bertz CT molecular complexity index is 698. The van der Waals surface area contributed by atoms with Crippen molar-refractivity contribution in [3.05, 3.63) is 56.6 Å². The molecule has 0 spiro atoms. The van der Waals surface area contributed by atoms with Gasteiger partial charge in [0.25, 0.3) is 5.69 Å². The second-order valence-electron chi connectivity index (χ2n) is 4.77. The SMILES string of the molecule is CC[C-](C)c1ccc(-[c-]2c(=O)n(C)c(=O)n2C)cc1.[W].[Y]. The molecule has 0 saturated heterocycles. The van der Waals surface area contributed by atoms with Crippen LogP contribution in [-0.4, -0.2) is 9.13 Å². The molecular formula is C15H18N2O2WY-2. The van der Waals surface area contributed by atoms with E-state index in [1.54, 1.807) is 7.05 Å². The van der Waals surface area contributed by atoms with E-state index in [1.807, 2.05) is 24.3 Å². The van der Waals surface area contributed by atoms with E-state index in [-0.39, 0.29) is 65.0 Å². The van der Waals surface area contributed by atoms with Gasteiger partial charge in [-0.15, -0.1) is 5.56 Å². The van der Waals surface area contributed by atoms with Crippen LogP contribution in [0.25, 0.3) is 11.3 Å². The molecule has 0 amide bonds. The monoisotopic (exact) mass is 531 g/mol. The van der Waals surface area contributed by atoms with Crippen LogP contribution in [0, 0.1) is 5.92 Å². The fourth-order valence-corrected chi connectivity index (χ4v) is 2.14. The molecule has 111 valence electrons. The average Bonchev–Trinajstić information content (AvgIpc) is 2.62. The molecule has 1 aromatic carbocycles. The molecule has 0 fully saturated rings. The van der Waals surface area contributed by atoms with Crippen LogP contribution in [0.4, 0.5) is 0 Å². The van der Waals surface area contributed by atoms with Crippen molar-refractivity contribution in [2.75, 3.05) is 0 Å². The number of rotatable bonds is 3. The molecule has 0 aliphatic rings. The second kappa shape index (κ2) is 8.36. The molecule has 0 unspecified atom stereocenters. The van der Waals surface area contributed by atoms with Gasteiger partial charge >= 0.3 is 0 Å². The maximum absolute atomic E-state index is 12.0. The smallest absolute Gasteiger partial charge is 0.253 e.